The van der Waals surface area contributed by atoms with E-state index in [2.05, 4.69) is 98.5 Å². The summed E-state index contributed by atoms with van der Waals surface area (Å²) in [7, 11) is 0. The smallest absolute Gasteiger partial charge is 0.321 e. The lowest BCUT2D eigenvalue weighted by atomic mass is 9.87. The number of amides is 3. The first-order chi connectivity index (χ1) is 43.1. The molecular weight excluding hydrogens is 1210 g/mol. The highest BCUT2D eigenvalue weighted by Crippen LogP contribution is 2.37. The molecule has 91 heavy (non-hydrogen) atoms. The number of carbonyl (C=O) groups excluding carboxylic acids is 3. The Labute approximate surface area is 557 Å². The van der Waals surface area contributed by atoms with Crippen LogP contribution in [0.4, 0.5) is 22.7 Å². The summed E-state index contributed by atoms with van der Waals surface area (Å²) in [5, 5.41) is 52.8. The van der Waals surface area contributed by atoms with Gasteiger partial charge in [-0.15, -0.1) is 35.6 Å². The minimum absolute atomic E-state index is 0. The Morgan fingerprint density at radius 2 is 1.03 bits per heavy atom. The number of carbonyl (C=O) groups is 4. The first-order valence-corrected chi connectivity index (χ1v) is 33.3. The lowest BCUT2D eigenvalue weighted by Gasteiger charge is -2.38. The Hall–Kier alpha value is -6.77. The van der Waals surface area contributed by atoms with Gasteiger partial charge in [-0.1, -0.05) is 79.7 Å². The predicted octanol–water partition coefficient (Wildman–Crippen LogP) is 11.7. The van der Waals surface area contributed by atoms with Gasteiger partial charge in [0.2, 0.25) is 17.7 Å². The highest BCUT2D eigenvalue weighted by molar-refractivity contribution is 6.33. The number of hydrogen-bond acceptors (Lipinski definition) is 13. The summed E-state index contributed by atoms with van der Waals surface area (Å²) in [5.41, 5.74) is 11.3. The molecule has 0 bridgehead atoms. The summed E-state index contributed by atoms with van der Waals surface area (Å²) in [6.45, 7) is 29.3. The number of piperidine rings is 2. The van der Waals surface area contributed by atoms with Crippen molar-refractivity contribution in [2.45, 2.75) is 167 Å². The molecule has 7 aliphatic heterocycles. The van der Waals surface area contributed by atoms with E-state index in [0.717, 1.165) is 124 Å². The van der Waals surface area contributed by atoms with Gasteiger partial charge in [-0.2, -0.15) is 21.0 Å². The van der Waals surface area contributed by atoms with E-state index in [9.17, 15) is 19.2 Å². The number of nitrogens with zero attached hydrogens (tertiary/aromatic N) is 9. The van der Waals surface area contributed by atoms with Crippen LogP contribution in [-0.2, 0) is 43.9 Å². The maximum atomic E-state index is 13.1. The fourth-order valence-electron chi connectivity index (χ4n) is 12.6. The van der Waals surface area contributed by atoms with Crippen molar-refractivity contribution in [1.82, 2.24) is 20.4 Å². The Bertz CT molecular complexity index is 3160. The van der Waals surface area contributed by atoms with Gasteiger partial charge < -0.3 is 35.8 Å². The van der Waals surface area contributed by atoms with Crippen molar-refractivity contribution in [3.05, 3.63) is 117 Å². The minimum atomic E-state index is -0.941. The van der Waals surface area contributed by atoms with Crippen LogP contribution in [-0.4, -0.2) is 139 Å². The van der Waals surface area contributed by atoms with Crippen molar-refractivity contribution in [2.24, 2.45) is 11.8 Å². The number of aliphatic carboxylic acids is 1. The summed E-state index contributed by atoms with van der Waals surface area (Å²) >= 11 is 11.2. The van der Waals surface area contributed by atoms with Crippen LogP contribution >= 0.6 is 35.6 Å². The van der Waals surface area contributed by atoms with Crippen LogP contribution < -0.4 is 30.7 Å². The van der Waals surface area contributed by atoms with Crippen LogP contribution in [0.1, 0.15) is 158 Å². The Balaban J connectivity index is 0.000000208. The molecule has 4 N–H and O–H groups in total. The Kier molecular flexibility index (Phi) is 30.0. The van der Waals surface area contributed by atoms with E-state index in [4.69, 9.17) is 49.4 Å². The summed E-state index contributed by atoms with van der Waals surface area (Å²) in [4.78, 5) is 58.3. The second-order valence-electron chi connectivity index (χ2n) is 25.2. The highest BCUT2D eigenvalue weighted by atomic mass is 35.5. The molecule has 7 atom stereocenters. The second kappa shape index (κ2) is 36.5. The van der Waals surface area contributed by atoms with Crippen LogP contribution in [0.3, 0.4) is 0 Å². The van der Waals surface area contributed by atoms with E-state index >= 15 is 0 Å². The van der Waals surface area contributed by atoms with E-state index in [1.807, 2.05) is 77.4 Å². The zero-order valence-electron chi connectivity index (χ0n) is 54.8. The lowest BCUT2D eigenvalue weighted by molar-refractivity contribution is -0.136. The van der Waals surface area contributed by atoms with Gasteiger partial charge >= 0.3 is 5.97 Å². The van der Waals surface area contributed by atoms with Gasteiger partial charge in [-0.3, -0.25) is 29.0 Å². The van der Waals surface area contributed by atoms with E-state index in [1.54, 1.807) is 24.0 Å². The third kappa shape index (κ3) is 20.4. The van der Waals surface area contributed by atoms with Crippen LogP contribution in [0.15, 0.2) is 72.8 Å². The number of carboxylic acid groups (broad SMARTS) is 1. The number of carboxylic acids is 1. The number of benzene rings is 4. The molecule has 7 aliphatic rings. The highest BCUT2D eigenvalue weighted by Gasteiger charge is 2.37. The maximum Gasteiger partial charge on any atom is 0.321 e. The lowest BCUT2D eigenvalue weighted by Crippen LogP contribution is -2.57. The van der Waals surface area contributed by atoms with Gasteiger partial charge in [-0.25, -0.2) is 0 Å². The molecule has 0 saturated carbocycles. The number of alkyl halides is 2. The molecule has 11 rings (SSSR count). The quantitative estimate of drug-likeness (QED) is 0.108. The molecule has 0 aliphatic carbocycles. The average Bonchev–Trinajstić information content (AvgIpc) is 2.08. The maximum absolute atomic E-state index is 13.1. The van der Waals surface area contributed by atoms with E-state index < -0.39 is 16.7 Å². The molecule has 0 spiro atoms. The SMILES string of the molecule is CC1(C)CNc2cc(C#N)ccc21.CC[C@@H](C(=O)N1CCc2ccc(C#N)cc21)N1CCC[C@H](C)C1.CC[C@@H](C(=O)N1CCc2ccc(C#N)cc21)N1CCN[C@H](C)C1.CC[C@@H](Cl)C(=O)N1CCc2ccc(C#N)cc21.CC[C@@H](Cl)C(=O)O.C[C@H]1CCCNC1.Cl. The molecule has 0 radical (unpaired) electrons. The van der Waals surface area contributed by atoms with Crippen molar-refractivity contribution >= 4 is 82.0 Å². The summed E-state index contributed by atoms with van der Waals surface area (Å²) in [6.07, 6.45) is 10.6. The molecule has 3 amide bonds. The van der Waals surface area contributed by atoms with Gasteiger partial charge in [0.15, 0.2) is 0 Å². The Morgan fingerprint density at radius 3 is 1.42 bits per heavy atom. The first-order valence-electron chi connectivity index (χ1n) is 32.4. The van der Waals surface area contributed by atoms with Crippen molar-refractivity contribution < 1.29 is 24.3 Å². The number of piperazine rings is 1. The van der Waals surface area contributed by atoms with Crippen molar-refractivity contribution in [1.29, 1.82) is 21.0 Å². The molecule has 3 fully saturated rings. The van der Waals surface area contributed by atoms with Crippen LogP contribution in [0, 0.1) is 57.2 Å². The molecule has 3 saturated heterocycles. The zero-order chi connectivity index (χ0) is 65.7. The molecular formula is C71H95Cl3N12O5. The third-order valence-corrected chi connectivity index (χ3v) is 18.8. The largest absolute Gasteiger partial charge is 0.480 e. The normalized spacial score (nSPS) is 20.3. The number of hydrogen-bond donors (Lipinski definition) is 4. The molecule has 0 aromatic heterocycles. The molecule has 20 heteroatoms. The van der Waals surface area contributed by atoms with E-state index in [1.165, 1.54) is 55.5 Å². The number of anilines is 4. The van der Waals surface area contributed by atoms with Crippen molar-refractivity contribution in [3.63, 3.8) is 0 Å². The fourth-order valence-corrected chi connectivity index (χ4v) is 12.7. The standard InChI is InChI=1S/C19H25N3O.C18H24N4O.C13H13ClN2O.C11H12N2.C6H13N.C4H7ClO2.ClH/c1-3-17(21-9-4-5-14(2)13-21)19(23)22-10-8-16-7-6-15(12-20)11-18(16)22;1-3-16(21-9-7-20-13(2)12-21)18(23)22-8-6-15-5-4-14(11-19)10-17(15)22;1-2-11(14)13(17)16-6-5-10-4-3-9(8-15)7-12(10)16;1-11(2)7-13-10-5-8(6-12)3-4-9(10)11;1-6-3-2-4-7-5-6;1-2-3(5)4(6)7;/h6-7,11,14,17H,3-5,8-10,13H2,1-2H3;4-5,10,13,16,20H,3,6-9,12H2,1-2H3;3-4,7,11H,2,5-6H2,1H3;3-5,13H,7H2,1-2H3;6-7H,2-5H2,1H3;3H,2H2,1H3,(H,6,7);1H/t14-,17-;13-,16+;11-;;6-;3-;/m011.01./s1. The van der Waals surface area contributed by atoms with Gasteiger partial charge in [0.25, 0.3) is 0 Å². The van der Waals surface area contributed by atoms with E-state index in [0.29, 0.717) is 48.0 Å². The molecule has 4 aromatic carbocycles. The van der Waals surface area contributed by atoms with Gasteiger partial charge in [0.05, 0.1) is 58.6 Å². The van der Waals surface area contributed by atoms with Gasteiger partial charge in [-0.05, 0) is 180 Å². The molecule has 490 valence electrons. The molecule has 7 heterocycles. The number of likely N-dealkylation sites (tertiary alicyclic amines) is 1. The van der Waals surface area contributed by atoms with Crippen molar-refractivity contribution in [3.8, 4) is 24.3 Å². The third-order valence-electron chi connectivity index (χ3n) is 17.8. The number of nitriles is 4. The summed E-state index contributed by atoms with van der Waals surface area (Å²) < 4.78 is 0. The summed E-state index contributed by atoms with van der Waals surface area (Å²) in [6, 6.07) is 31.6. The number of rotatable bonds is 10. The monoisotopic (exact) mass is 1300 g/mol. The van der Waals surface area contributed by atoms with Gasteiger partial charge in [0, 0.05) is 86.6 Å². The average molecular weight is 1300 g/mol. The number of halogens is 3. The first kappa shape index (κ1) is 75.0. The minimum Gasteiger partial charge on any atom is -0.480 e. The molecule has 17 nitrogen and oxygen atoms in total. The number of fused-ring (bicyclic) bond motifs is 4. The predicted molar refractivity (Wildman–Crippen MR) is 367 cm³/mol. The summed E-state index contributed by atoms with van der Waals surface area (Å²) in [5.74, 6) is 0.966. The van der Waals surface area contributed by atoms with Gasteiger partial charge in [0.1, 0.15) is 10.8 Å². The Morgan fingerprint density at radius 1 is 0.582 bits per heavy atom. The van der Waals surface area contributed by atoms with Crippen LogP contribution in [0.5, 0.6) is 0 Å². The van der Waals surface area contributed by atoms with E-state index in [-0.39, 0.29) is 47.6 Å². The van der Waals surface area contributed by atoms with Crippen molar-refractivity contribution in [2.75, 3.05) is 92.0 Å². The number of nitrogens with one attached hydrogen (secondary N) is 3. The molecule has 0 unspecified atom stereocenters. The van der Waals surface area contributed by atoms with Crippen LogP contribution in [0.2, 0.25) is 0 Å². The fraction of sp³-hybridized carbons (Fsp3) is 0.549. The van der Waals surface area contributed by atoms with Crippen LogP contribution in [0.25, 0.3) is 0 Å². The second-order valence-corrected chi connectivity index (χ2v) is 26.2. The molecule has 4 aromatic rings. The topological polar surface area (TPSA) is 236 Å². The zero-order valence-corrected chi connectivity index (χ0v) is 57.1.